The van der Waals surface area contributed by atoms with E-state index in [0.29, 0.717) is 6.54 Å². The van der Waals surface area contributed by atoms with Crippen molar-refractivity contribution >= 4 is 17.4 Å². The Balaban J connectivity index is 0.000000180. The molecule has 4 heterocycles. The van der Waals surface area contributed by atoms with Gasteiger partial charge in [0.2, 0.25) is 0 Å². The minimum Gasteiger partial charge on any atom is -0.444 e. The second kappa shape index (κ2) is 12.9. The highest BCUT2D eigenvalue weighted by molar-refractivity contribution is 5.68. The molecule has 0 saturated carbocycles. The molecule has 0 spiro atoms. The van der Waals surface area contributed by atoms with Gasteiger partial charge in [-0.2, -0.15) is 0 Å². The second-order valence-electron chi connectivity index (χ2n) is 11.4. The Morgan fingerprint density at radius 2 is 1.26 bits per heavy atom. The van der Waals surface area contributed by atoms with E-state index in [-0.39, 0.29) is 6.09 Å². The van der Waals surface area contributed by atoms with Crippen molar-refractivity contribution < 1.29 is 9.53 Å². The quantitative estimate of drug-likeness (QED) is 0.230. The molecule has 6 aromatic rings. The molecule has 8 nitrogen and oxygen atoms in total. The van der Waals surface area contributed by atoms with Gasteiger partial charge in [0, 0.05) is 56.1 Å². The van der Waals surface area contributed by atoms with Crippen LogP contribution < -0.4 is 5.32 Å². The van der Waals surface area contributed by atoms with Crippen molar-refractivity contribution in [1.29, 1.82) is 0 Å². The molecule has 0 unspecified atom stereocenters. The van der Waals surface area contributed by atoms with Crippen LogP contribution in [0, 0.1) is 0 Å². The summed E-state index contributed by atoms with van der Waals surface area (Å²) in [5.41, 5.74) is 7.88. The number of carbonyl (C=O) groups is 1. The van der Waals surface area contributed by atoms with E-state index in [1.807, 2.05) is 116 Å². The number of ether oxygens (including phenoxy) is 1. The maximum atomic E-state index is 12.0. The SMILES string of the molecule is CN(Cc1ccc(-c2cn3ccccc3n2)cc1)C(=O)OC(C)(C)C.CNCc1ccc(-c2cn3ccccc3n2)cc1. The summed E-state index contributed by atoms with van der Waals surface area (Å²) in [5.74, 6) is 0. The highest BCUT2D eigenvalue weighted by Gasteiger charge is 2.19. The topological polar surface area (TPSA) is 76.2 Å². The molecular formula is C35H38N6O2. The van der Waals surface area contributed by atoms with E-state index in [2.05, 4.69) is 45.7 Å². The van der Waals surface area contributed by atoms with Crippen LogP contribution >= 0.6 is 0 Å². The molecule has 6 rings (SSSR count). The van der Waals surface area contributed by atoms with Crippen LogP contribution in [0.15, 0.2) is 110 Å². The molecule has 0 aliphatic heterocycles. The van der Waals surface area contributed by atoms with Crippen molar-refractivity contribution in [3.05, 3.63) is 121 Å². The van der Waals surface area contributed by atoms with Crippen LogP contribution in [-0.2, 0) is 17.8 Å². The van der Waals surface area contributed by atoms with Gasteiger partial charge < -0.3 is 23.8 Å². The fraction of sp³-hybridized carbons (Fsp3) is 0.229. The monoisotopic (exact) mass is 574 g/mol. The summed E-state index contributed by atoms with van der Waals surface area (Å²) in [4.78, 5) is 22.8. The van der Waals surface area contributed by atoms with Crippen molar-refractivity contribution in [2.45, 2.75) is 39.5 Å². The molecule has 0 atom stereocenters. The number of nitrogens with zero attached hydrogens (tertiary/aromatic N) is 5. The molecule has 0 aliphatic rings. The number of carbonyl (C=O) groups excluding carboxylic acids is 1. The Morgan fingerprint density at radius 3 is 1.70 bits per heavy atom. The number of rotatable bonds is 6. The van der Waals surface area contributed by atoms with Gasteiger partial charge >= 0.3 is 6.09 Å². The van der Waals surface area contributed by atoms with E-state index >= 15 is 0 Å². The summed E-state index contributed by atoms with van der Waals surface area (Å²) < 4.78 is 9.41. The number of nitrogens with one attached hydrogen (secondary N) is 1. The van der Waals surface area contributed by atoms with Crippen molar-refractivity contribution in [3.8, 4) is 22.5 Å². The summed E-state index contributed by atoms with van der Waals surface area (Å²) >= 11 is 0. The Labute approximate surface area is 252 Å². The van der Waals surface area contributed by atoms with Gasteiger partial charge in [-0.05, 0) is 63.2 Å². The van der Waals surface area contributed by atoms with Gasteiger partial charge in [-0.15, -0.1) is 0 Å². The first-order valence-electron chi connectivity index (χ1n) is 14.3. The van der Waals surface area contributed by atoms with Gasteiger partial charge in [0.05, 0.1) is 11.4 Å². The summed E-state index contributed by atoms with van der Waals surface area (Å²) in [7, 11) is 3.69. The maximum Gasteiger partial charge on any atom is 0.410 e. The summed E-state index contributed by atoms with van der Waals surface area (Å²) in [5, 5.41) is 3.14. The number of aromatic nitrogens is 4. The lowest BCUT2D eigenvalue weighted by Crippen LogP contribution is -2.33. The van der Waals surface area contributed by atoms with Crippen LogP contribution in [0.3, 0.4) is 0 Å². The van der Waals surface area contributed by atoms with E-state index in [0.717, 1.165) is 45.9 Å². The van der Waals surface area contributed by atoms with Gasteiger partial charge in [-0.3, -0.25) is 0 Å². The number of hydrogen-bond acceptors (Lipinski definition) is 5. The molecule has 8 heteroatoms. The molecule has 220 valence electrons. The fourth-order valence-electron chi connectivity index (χ4n) is 4.60. The van der Waals surface area contributed by atoms with E-state index in [1.165, 1.54) is 5.56 Å². The van der Waals surface area contributed by atoms with E-state index < -0.39 is 5.60 Å². The molecule has 0 radical (unpaired) electrons. The number of amides is 1. The zero-order valence-corrected chi connectivity index (χ0v) is 25.4. The van der Waals surface area contributed by atoms with Gasteiger partial charge in [-0.25, -0.2) is 14.8 Å². The number of fused-ring (bicyclic) bond motifs is 2. The van der Waals surface area contributed by atoms with Crippen LogP contribution in [0.25, 0.3) is 33.8 Å². The van der Waals surface area contributed by atoms with Crippen molar-refractivity contribution in [3.63, 3.8) is 0 Å². The lowest BCUT2D eigenvalue weighted by atomic mass is 10.1. The zero-order chi connectivity index (χ0) is 30.4. The third kappa shape index (κ3) is 7.67. The average Bonchev–Trinajstić information content (AvgIpc) is 3.62. The predicted molar refractivity (Wildman–Crippen MR) is 172 cm³/mol. The highest BCUT2D eigenvalue weighted by Crippen LogP contribution is 2.21. The molecule has 0 fully saturated rings. The molecule has 0 aliphatic carbocycles. The minimum absolute atomic E-state index is 0.322. The van der Waals surface area contributed by atoms with Gasteiger partial charge in [0.1, 0.15) is 16.9 Å². The number of imidazole rings is 2. The van der Waals surface area contributed by atoms with Crippen LogP contribution in [0.4, 0.5) is 4.79 Å². The first-order chi connectivity index (χ1) is 20.7. The highest BCUT2D eigenvalue weighted by atomic mass is 16.6. The molecule has 43 heavy (non-hydrogen) atoms. The first kappa shape index (κ1) is 29.5. The van der Waals surface area contributed by atoms with Crippen LogP contribution in [0.1, 0.15) is 31.9 Å². The normalized spacial score (nSPS) is 11.3. The molecular weight excluding hydrogens is 536 g/mol. The largest absolute Gasteiger partial charge is 0.444 e. The van der Waals surface area contributed by atoms with Crippen LogP contribution in [0.2, 0.25) is 0 Å². The lowest BCUT2D eigenvalue weighted by molar-refractivity contribution is 0.0285. The predicted octanol–water partition coefficient (Wildman–Crippen LogP) is 7.09. The second-order valence-corrected chi connectivity index (χ2v) is 11.4. The minimum atomic E-state index is -0.488. The van der Waals surface area contributed by atoms with Crippen molar-refractivity contribution in [1.82, 2.24) is 29.0 Å². The summed E-state index contributed by atoms with van der Waals surface area (Å²) in [6.45, 7) is 6.99. The van der Waals surface area contributed by atoms with Crippen LogP contribution in [0.5, 0.6) is 0 Å². The number of hydrogen-bond donors (Lipinski definition) is 1. The molecule has 1 amide bonds. The lowest BCUT2D eigenvalue weighted by Gasteiger charge is -2.24. The smallest absolute Gasteiger partial charge is 0.410 e. The molecule has 4 aromatic heterocycles. The summed E-state index contributed by atoms with van der Waals surface area (Å²) in [6.07, 6.45) is 7.74. The third-order valence-corrected chi connectivity index (χ3v) is 6.73. The third-order valence-electron chi connectivity index (χ3n) is 6.73. The van der Waals surface area contributed by atoms with E-state index in [9.17, 15) is 4.79 Å². The zero-order valence-electron chi connectivity index (χ0n) is 25.4. The first-order valence-corrected chi connectivity index (χ1v) is 14.3. The number of pyridine rings is 2. The summed E-state index contributed by atoms with van der Waals surface area (Å²) in [6, 6.07) is 28.5. The Hall–Kier alpha value is -4.95. The molecule has 0 saturated heterocycles. The van der Waals surface area contributed by atoms with Crippen molar-refractivity contribution in [2.24, 2.45) is 0 Å². The van der Waals surface area contributed by atoms with Crippen molar-refractivity contribution in [2.75, 3.05) is 14.1 Å². The van der Waals surface area contributed by atoms with Crippen LogP contribution in [-0.4, -0.2) is 49.5 Å². The van der Waals surface area contributed by atoms with Gasteiger partial charge in [0.25, 0.3) is 0 Å². The Bertz CT molecular complexity index is 1730. The Kier molecular flexibility index (Phi) is 8.87. The fourth-order valence-corrected chi connectivity index (χ4v) is 4.60. The van der Waals surface area contributed by atoms with E-state index in [4.69, 9.17) is 4.74 Å². The molecule has 1 N–H and O–H groups in total. The van der Waals surface area contributed by atoms with Gasteiger partial charge in [-0.1, -0.05) is 60.7 Å². The molecule has 2 aromatic carbocycles. The average molecular weight is 575 g/mol. The molecule has 0 bridgehead atoms. The standard InChI is InChI=1S/C20H23N3O2.C15H15N3/c1-20(2,3)25-19(24)22(4)13-15-8-10-16(11-9-15)17-14-23-12-6-5-7-18(23)21-17;1-16-10-12-5-7-13(8-6-12)14-11-18-9-3-2-4-15(18)17-14/h5-12,14H,13H2,1-4H3;2-9,11,16H,10H2,1H3. The van der Waals surface area contributed by atoms with E-state index in [1.54, 1.807) is 11.9 Å². The number of benzene rings is 2. The van der Waals surface area contributed by atoms with Gasteiger partial charge in [0.15, 0.2) is 0 Å². The maximum absolute atomic E-state index is 12.0. The Morgan fingerprint density at radius 1 is 0.767 bits per heavy atom.